The van der Waals surface area contributed by atoms with Gasteiger partial charge in [0.25, 0.3) is 0 Å². The average molecular weight is 272 g/mol. The van der Waals surface area contributed by atoms with E-state index in [0.29, 0.717) is 12.0 Å². The zero-order valence-corrected chi connectivity index (χ0v) is 12.5. The Morgan fingerprint density at radius 2 is 2.25 bits per heavy atom. The second kappa shape index (κ2) is 5.21. The Morgan fingerprint density at radius 1 is 1.45 bits per heavy atom. The van der Waals surface area contributed by atoms with Gasteiger partial charge >= 0.3 is 0 Å². The lowest BCUT2D eigenvalue weighted by Crippen LogP contribution is -2.48. The number of aryl methyl sites for hydroxylation is 3. The molecule has 0 radical (unpaired) electrons. The van der Waals surface area contributed by atoms with E-state index in [1.807, 2.05) is 6.92 Å². The summed E-state index contributed by atoms with van der Waals surface area (Å²) in [5, 5.41) is 17.8. The van der Waals surface area contributed by atoms with Crippen molar-refractivity contribution < 1.29 is 0 Å². The molecule has 0 amide bonds. The molecule has 20 heavy (non-hydrogen) atoms. The lowest BCUT2D eigenvalue weighted by Gasteiger charge is -2.30. The van der Waals surface area contributed by atoms with Crippen LogP contribution in [0, 0.1) is 31.1 Å². The number of hydrogen-bond acceptors (Lipinski definition) is 3. The van der Waals surface area contributed by atoms with Crippen molar-refractivity contribution in [2.75, 3.05) is 0 Å². The summed E-state index contributed by atoms with van der Waals surface area (Å²) in [5.41, 5.74) is 2.03. The number of nitrogens with one attached hydrogen (secondary N) is 1. The predicted octanol–water partition coefficient (Wildman–Crippen LogP) is 2.70. The van der Waals surface area contributed by atoms with Crippen LogP contribution in [0.15, 0.2) is 6.07 Å². The van der Waals surface area contributed by atoms with E-state index in [1.54, 1.807) is 0 Å². The third kappa shape index (κ3) is 2.60. The standard InChI is InChI=1S/C16H24N4/c1-12-10-13(2)20(19-12)9-7-14-4-3-8-16(14,11-17)18-15-5-6-15/h10,14-15,18H,3-9H2,1-2H3. The number of nitrogens with zero attached hydrogens (tertiary/aromatic N) is 3. The summed E-state index contributed by atoms with van der Waals surface area (Å²) in [5.74, 6) is 0.469. The summed E-state index contributed by atoms with van der Waals surface area (Å²) in [6, 6.07) is 5.33. The highest BCUT2D eigenvalue weighted by Crippen LogP contribution is 2.40. The lowest BCUT2D eigenvalue weighted by atomic mass is 9.85. The zero-order valence-electron chi connectivity index (χ0n) is 12.5. The van der Waals surface area contributed by atoms with Gasteiger partial charge in [-0.1, -0.05) is 6.42 Å². The summed E-state index contributed by atoms with van der Waals surface area (Å²) in [6.07, 6.45) is 6.90. The van der Waals surface area contributed by atoms with E-state index in [4.69, 9.17) is 0 Å². The van der Waals surface area contributed by atoms with E-state index in [-0.39, 0.29) is 5.54 Å². The van der Waals surface area contributed by atoms with Gasteiger partial charge in [0.15, 0.2) is 0 Å². The molecule has 2 fully saturated rings. The number of rotatable bonds is 5. The highest BCUT2D eigenvalue weighted by atomic mass is 15.3. The second-order valence-electron chi connectivity index (χ2n) is 6.53. The molecule has 3 rings (SSSR count). The SMILES string of the molecule is Cc1cc(C)n(CCC2CCCC2(C#N)NC2CC2)n1. The van der Waals surface area contributed by atoms with Gasteiger partial charge in [0, 0.05) is 18.3 Å². The van der Waals surface area contributed by atoms with Gasteiger partial charge in [0.2, 0.25) is 0 Å². The molecule has 0 bridgehead atoms. The van der Waals surface area contributed by atoms with Crippen molar-refractivity contribution in [1.29, 1.82) is 5.26 Å². The Labute approximate surface area is 121 Å². The summed E-state index contributed by atoms with van der Waals surface area (Å²) >= 11 is 0. The zero-order chi connectivity index (χ0) is 14.2. The fourth-order valence-corrected chi connectivity index (χ4v) is 3.61. The second-order valence-corrected chi connectivity index (χ2v) is 6.53. The molecule has 1 aromatic rings. The van der Waals surface area contributed by atoms with Crippen molar-refractivity contribution in [1.82, 2.24) is 15.1 Å². The van der Waals surface area contributed by atoms with Crippen LogP contribution in [0.2, 0.25) is 0 Å². The molecule has 0 aliphatic heterocycles. The molecule has 2 atom stereocenters. The van der Waals surface area contributed by atoms with Crippen molar-refractivity contribution >= 4 is 0 Å². The Hall–Kier alpha value is -1.34. The fourth-order valence-electron chi connectivity index (χ4n) is 3.61. The Kier molecular flexibility index (Phi) is 3.55. The van der Waals surface area contributed by atoms with Crippen LogP contribution in [0.5, 0.6) is 0 Å². The van der Waals surface area contributed by atoms with Gasteiger partial charge < -0.3 is 0 Å². The van der Waals surface area contributed by atoms with Gasteiger partial charge in [0.1, 0.15) is 5.54 Å². The number of hydrogen-bond donors (Lipinski definition) is 1. The van der Waals surface area contributed by atoms with Crippen LogP contribution in [0.25, 0.3) is 0 Å². The van der Waals surface area contributed by atoms with Gasteiger partial charge in [-0.15, -0.1) is 0 Å². The maximum Gasteiger partial charge on any atom is 0.109 e. The first-order chi connectivity index (χ1) is 9.63. The minimum absolute atomic E-state index is 0.267. The molecule has 1 aromatic heterocycles. The van der Waals surface area contributed by atoms with Crippen molar-refractivity contribution in [3.63, 3.8) is 0 Å². The maximum atomic E-state index is 9.68. The summed E-state index contributed by atoms with van der Waals surface area (Å²) < 4.78 is 2.09. The Bertz CT molecular complexity index is 523. The highest BCUT2D eigenvalue weighted by Gasteiger charge is 2.45. The molecule has 1 heterocycles. The molecule has 2 saturated carbocycles. The molecule has 0 spiro atoms. The molecule has 2 unspecified atom stereocenters. The van der Waals surface area contributed by atoms with E-state index in [0.717, 1.165) is 25.1 Å². The van der Waals surface area contributed by atoms with Crippen LogP contribution in [0.1, 0.15) is 49.9 Å². The van der Waals surface area contributed by atoms with Gasteiger partial charge in [0.05, 0.1) is 11.8 Å². The molecule has 2 aliphatic carbocycles. The smallest absolute Gasteiger partial charge is 0.109 e. The third-order valence-corrected chi connectivity index (χ3v) is 4.85. The van der Waals surface area contributed by atoms with Crippen LogP contribution in [0.3, 0.4) is 0 Å². The van der Waals surface area contributed by atoms with Crippen molar-refractivity contribution in [3.8, 4) is 6.07 Å². The highest BCUT2D eigenvalue weighted by molar-refractivity contribution is 5.16. The maximum absolute atomic E-state index is 9.68. The quantitative estimate of drug-likeness (QED) is 0.896. The van der Waals surface area contributed by atoms with Crippen molar-refractivity contribution in [3.05, 3.63) is 17.5 Å². The minimum atomic E-state index is -0.267. The average Bonchev–Trinajstić information content (AvgIpc) is 3.04. The fraction of sp³-hybridized carbons (Fsp3) is 0.750. The molecule has 108 valence electrons. The lowest BCUT2D eigenvalue weighted by molar-refractivity contribution is 0.283. The topological polar surface area (TPSA) is 53.6 Å². The minimum Gasteiger partial charge on any atom is -0.296 e. The van der Waals surface area contributed by atoms with Gasteiger partial charge in [-0.2, -0.15) is 10.4 Å². The van der Waals surface area contributed by atoms with E-state index in [9.17, 15) is 5.26 Å². The molecule has 4 heteroatoms. The first-order valence-corrected chi connectivity index (χ1v) is 7.83. The summed E-state index contributed by atoms with van der Waals surface area (Å²) in [7, 11) is 0. The first kappa shape index (κ1) is 13.6. The predicted molar refractivity (Wildman–Crippen MR) is 78.2 cm³/mol. The molecular formula is C16H24N4. The Morgan fingerprint density at radius 3 is 2.85 bits per heavy atom. The van der Waals surface area contributed by atoms with E-state index >= 15 is 0 Å². The van der Waals surface area contributed by atoms with Crippen LogP contribution in [-0.2, 0) is 6.54 Å². The first-order valence-electron chi connectivity index (χ1n) is 7.83. The summed E-state index contributed by atoms with van der Waals surface area (Å²) in [4.78, 5) is 0. The van der Waals surface area contributed by atoms with Crippen LogP contribution in [-0.4, -0.2) is 21.4 Å². The van der Waals surface area contributed by atoms with E-state index in [2.05, 4.69) is 34.2 Å². The van der Waals surface area contributed by atoms with E-state index in [1.165, 1.54) is 31.4 Å². The number of aromatic nitrogens is 2. The molecule has 1 N–H and O–H groups in total. The largest absolute Gasteiger partial charge is 0.296 e. The van der Waals surface area contributed by atoms with Gasteiger partial charge in [-0.25, -0.2) is 0 Å². The van der Waals surface area contributed by atoms with Crippen molar-refractivity contribution in [2.24, 2.45) is 5.92 Å². The summed E-state index contributed by atoms with van der Waals surface area (Å²) in [6.45, 7) is 5.07. The van der Waals surface area contributed by atoms with Crippen LogP contribution in [0.4, 0.5) is 0 Å². The monoisotopic (exact) mass is 272 g/mol. The van der Waals surface area contributed by atoms with Crippen molar-refractivity contribution in [2.45, 2.75) is 70.5 Å². The van der Waals surface area contributed by atoms with Gasteiger partial charge in [-0.05, 0) is 57.9 Å². The van der Waals surface area contributed by atoms with Crippen LogP contribution < -0.4 is 5.32 Å². The molecule has 0 aromatic carbocycles. The van der Waals surface area contributed by atoms with Crippen LogP contribution >= 0.6 is 0 Å². The third-order valence-electron chi connectivity index (χ3n) is 4.85. The normalized spacial score (nSPS) is 29.6. The molecule has 4 nitrogen and oxygen atoms in total. The molecular weight excluding hydrogens is 248 g/mol. The van der Waals surface area contributed by atoms with Gasteiger partial charge in [-0.3, -0.25) is 10.00 Å². The molecule has 2 aliphatic rings. The number of nitriles is 1. The Balaban J connectivity index is 1.66. The molecule has 0 saturated heterocycles. The van der Waals surface area contributed by atoms with E-state index < -0.39 is 0 Å².